The van der Waals surface area contributed by atoms with Gasteiger partial charge in [0.25, 0.3) is 0 Å². The molecule has 0 aromatic heterocycles. The van der Waals surface area contributed by atoms with Gasteiger partial charge in [-0.05, 0) is 20.3 Å². The van der Waals surface area contributed by atoms with Crippen LogP contribution in [0.15, 0.2) is 0 Å². The van der Waals surface area contributed by atoms with Gasteiger partial charge in [0.1, 0.15) is 6.17 Å². The lowest BCUT2D eigenvalue weighted by molar-refractivity contribution is -0.137. The normalized spacial score (nSPS) is 28.7. The summed E-state index contributed by atoms with van der Waals surface area (Å²) in [6.07, 6.45) is 0.214. The number of likely N-dealkylation sites (tertiary alicyclic amines) is 1. The number of nitrogens with zero attached hydrogens (tertiary/aromatic N) is 1. The Bertz CT molecular complexity index is 191. The molecule has 1 aliphatic rings. The van der Waals surface area contributed by atoms with E-state index in [1.807, 2.05) is 13.8 Å². The number of hydrogen-bond acceptors (Lipinski definition) is 1. The molecule has 0 radical (unpaired) electrons. The van der Waals surface area contributed by atoms with Crippen molar-refractivity contribution in [3.63, 3.8) is 0 Å². The van der Waals surface area contributed by atoms with Gasteiger partial charge in [0.15, 0.2) is 0 Å². The van der Waals surface area contributed by atoms with Crippen LogP contribution in [0.2, 0.25) is 0 Å². The summed E-state index contributed by atoms with van der Waals surface area (Å²) in [5.41, 5.74) is -0.302. The minimum absolute atomic E-state index is 0.0481. The Labute approximate surface area is 72.7 Å². The van der Waals surface area contributed by atoms with Crippen molar-refractivity contribution in [2.24, 2.45) is 0 Å². The maximum Gasteiger partial charge on any atom is 0.219 e. The molecule has 0 spiro atoms. The van der Waals surface area contributed by atoms with Gasteiger partial charge in [-0.15, -0.1) is 0 Å². The van der Waals surface area contributed by atoms with Crippen LogP contribution in [-0.4, -0.2) is 29.1 Å². The quantitative estimate of drug-likeness (QED) is 0.546. The van der Waals surface area contributed by atoms with Crippen LogP contribution in [0, 0.1) is 0 Å². The Morgan fingerprint density at radius 3 is 2.58 bits per heavy atom. The van der Waals surface area contributed by atoms with Crippen molar-refractivity contribution in [3.8, 4) is 0 Å². The van der Waals surface area contributed by atoms with E-state index >= 15 is 0 Å². The molecular formula is C9H16FNO. The Balaban J connectivity index is 2.70. The van der Waals surface area contributed by atoms with Crippen LogP contribution in [0.4, 0.5) is 4.39 Å². The zero-order valence-electron chi connectivity index (χ0n) is 7.93. The van der Waals surface area contributed by atoms with Crippen LogP contribution in [-0.2, 0) is 4.79 Å². The second-order valence-electron chi connectivity index (χ2n) is 4.07. The molecule has 1 saturated heterocycles. The second-order valence-corrected chi connectivity index (χ2v) is 4.07. The second kappa shape index (κ2) is 3.04. The van der Waals surface area contributed by atoms with E-state index in [1.165, 1.54) is 0 Å². The molecule has 2 nitrogen and oxygen atoms in total. The topological polar surface area (TPSA) is 20.3 Å². The summed E-state index contributed by atoms with van der Waals surface area (Å²) in [6.45, 7) is 5.93. The summed E-state index contributed by atoms with van der Waals surface area (Å²) in [7, 11) is 0. The Morgan fingerprint density at radius 1 is 1.58 bits per heavy atom. The van der Waals surface area contributed by atoms with Gasteiger partial charge >= 0.3 is 0 Å². The minimum Gasteiger partial charge on any atom is -0.338 e. The molecule has 3 heteroatoms. The monoisotopic (exact) mass is 173 g/mol. The zero-order chi connectivity index (χ0) is 9.35. The molecular weight excluding hydrogens is 157 g/mol. The summed E-state index contributed by atoms with van der Waals surface area (Å²) in [5, 5.41) is 0. The third kappa shape index (κ3) is 1.76. The van der Waals surface area contributed by atoms with Crippen molar-refractivity contribution in [1.29, 1.82) is 0 Å². The van der Waals surface area contributed by atoms with Gasteiger partial charge in [0.05, 0.1) is 0 Å². The fourth-order valence-electron chi connectivity index (χ4n) is 1.91. The van der Waals surface area contributed by atoms with E-state index in [2.05, 4.69) is 0 Å². The number of rotatable bonds is 0. The van der Waals surface area contributed by atoms with Crippen molar-refractivity contribution in [3.05, 3.63) is 0 Å². The lowest BCUT2D eigenvalue weighted by Gasteiger charge is -2.43. The van der Waals surface area contributed by atoms with Gasteiger partial charge in [-0.25, -0.2) is 4.39 Å². The molecule has 1 amide bonds. The predicted molar refractivity (Wildman–Crippen MR) is 45.6 cm³/mol. The number of amides is 1. The van der Waals surface area contributed by atoms with E-state index in [0.29, 0.717) is 19.4 Å². The summed E-state index contributed by atoms with van der Waals surface area (Å²) in [4.78, 5) is 12.9. The molecule has 0 aromatic carbocycles. The first kappa shape index (κ1) is 9.49. The molecule has 0 N–H and O–H groups in total. The molecule has 1 unspecified atom stereocenters. The van der Waals surface area contributed by atoms with E-state index in [9.17, 15) is 9.18 Å². The fourth-order valence-corrected chi connectivity index (χ4v) is 1.91. The third-order valence-electron chi connectivity index (χ3n) is 2.50. The van der Waals surface area contributed by atoms with Crippen LogP contribution < -0.4 is 0 Å². The SMILES string of the molecule is CC(=O)N1CCC(F)CC1(C)C. The van der Waals surface area contributed by atoms with Gasteiger partial charge in [0.2, 0.25) is 5.91 Å². The Hall–Kier alpha value is -0.600. The van der Waals surface area contributed by atoms with Crippen LogP contribution in [0.5, 0.6) is 0 Å². The predicted octanol–water partition coefficient (Wildman–Crippen LogP) is 1.75. The average Bonchev–Trinajstić information content (AvgIpc) is 1.82. The van der Waals surface area contributed by atoms with Gasteiger partial charge in [0, 0.05) is 25.4 Å². The van der Waals surface area contributed by atoms with Crippen molar-refractivity contribution in [2.75, 3.05) is 6.54 Å². The highest BCUT2D eigenvalue weighted by atomic mass is 19.1. The number of hydrogen-bond donors (Lipinski definition) is 0. The highest BCUT2D eigenvalue weighted by Crippen LogP contribution is 2.28. The van der Waals surface area contributed by atoms with Crippen molar-refractivity contribution in [1.82, 2.24) is 4.90 Å². The van der Waals surface area contributed by atoms with Gasteiger partial charge in [-0.3, -0.25) is 4.79 Å². The number of carbonyl (C=O) groups excluding carboxylic acids is 1. The molecule has 1 aliphatic heterocycles. The van der Waals surface area contributed by atoms with Gasteiger partial charge in [-0.1, -0.05) is 0 Å². The van der Waals surface area contributed by atoms with E-state index in [4.69, 9.17) is 0 Å². The summed E-state index contributed by atoms with van der Waals surface area (Å²) < 4.78 is 13.0. The molecule has 0 bridgehead atoms. The lowest BCUT2D eigenvalue weighted by Crippen LogP contribution is -2.52. The summed E-state index contributed by atoms with van der Waals surface area (Å²) in [5.74, 6) is 0.0481. The molecule has 1 heterocycles. The molecule has 1 rings (SSSR count). The molecule has 0 saturated carbocycles. The maximum atomic E-state index is 13.0. The number of piperidine rings is 1. The van der Waals surface area contributed by atoms with Crippen LogP contribution in [0.25, 0.3) is 0 Å². The van der Waals surface area contributed by atoms with E-state index < -0.39 is 6.17 Å². The molecule has 70 valence electrons. The lowest BCUT2D eigenvalue weighted by atomic mass is 9.89. The van der Waals surface area contributed by atoms with Gasteiger partial charge < -0.3 is 4.90 Å². The van der Waals surface area contributed by atoms with Crippen LogP contribution in [0.1, 0.15) is 33.6 Å². The summed E-state index contributed by atoms with van der Waals surface area (Å²) >= 11 is 0. The largest absolute Gasteiger partial charge is 0.338 e. The average molecular weight is 173 g/mol. The van der Waals surface area contributed by atoms with Crippen LogP contribution >= 0.6 is 0 Å². The van der Waals surface area contributed by atoms with Crippen molar-refractivity contribution in [2.45, 2.75) is 45.3 Å². The first-order valence-corrected chi connectivity index (χ1v) is 4.36. The highest BCUT2D eigenvalue weighted by molar-refractivity contribution is 5.74. The van der Waals surface area contributed by atoms with E-state index in [-0.39, 0.29) is 11.4 Å². The van der Waals surface area contributed by atoms with E-state index in [0.717, 1.165) is 0 Å². The number of carbonyl (C=O) groups is 1. The van der Waals surface area contributed by atoms with Gasteiger partial charge in [-0.2, -0.15) is 0 Å². The number of alkyl halides is 1. The molecule has 0 aliphatic carbocycles. The molecule has 0 aromatic rings. The standard InChI is InChI=1S/C9H16FNO/c1-7(12)11-5-4-8(10)6-9(11,2)3/h8H,4-6H2,1-3H3. The zero-order valence-corrected chi connectivity index (χ0v) is 7.93. The van der Waals surface area contributed by atoms with E-state index in [1.54, 1.807) is 11.8 Å². The van der Waals surface area contributed by atoms with Crippen molar-refractivity contribution < 1.29 is 9.18 Å². The fraction of sp³-hybridized carbons (Fsp3) is 0.889. The molecule has 12 heavy (non-hydrogen) atoms. The molecule has 1 fully saturated rings. The van der Waals surface area contributed by atoms with Crippen molar-refractivity contribution >= 4 is 5.91 Å². The Morgan fingerprint density at radius 2 is 2.17 bits per heavy atom. The minimum atomic E-state index is -0.740. The smallest absolute Gasteiger partial charge is 0.219 e. The van der Waals surface area contributed by atoms with Crippen LogP contribution in [0.3, 0.4) is 0 Å². The Kier molecular flexibility index (Phi) is 2.40. The third-order valence-corrected chi connectivity index (χ3v) is 2.50. The molecule has 1 atom stereocenters. The highest BCUT2D eigenvalue weighted by Gasteiger charge is 2.35. The summed E-state index contributed by atoms with van der Waals surface area (Å²) in [6, 6.07) is 0. The maximum absolute atomic E-state index is 13.0. The first-order chi connectivity index (χ1) is 5.43. The first-order valence-electron chi connectivity index (χ1n) is 4.36. The number of halogens is 1.